The molecule has 0 aromatic heterocycles. The van der Waals surface area contributed by atoms with Gasteiger partial charge in [0.2, 0.25) is 0 Å². The third-order valence-corrected chi connectivity index (χ3v) is 5.78. The highest BCUT2D eigenvalue weighted by atomic mass is 32.2. The first-order chi connectivity index (χ1) is 11.5. The number of rotatable bonds is 5. The Labute approximate surface area is 141 Å². The van der Waals surface area contributed by atoms with Crippen molar-refractivity contribution in [3.8, 4) is 0 Å². The van der Waals surface area contributed by atoms with Gasteiger partial charge in [-0.3, -0.25) is 4.72 Å². The molecule has 0 amide bonds. The van der Waals surface area contributed by atoms with Crippen LogP contribution >= 0.6 is 0 Å². The van der Waals surface area contributed by atoms with Gasteiger partial charge in [-0.05, 0) is 48.6 Å². The number of carbonyl (C=O) groups is 1. The molecule has 2 aromatic carbocycles. The first-order valence-corrected chi connectivity index (χ1v) is 9.41. The Morgan fingerprint density at radius 3 is 2.33 bits per heavy atom. The molecule has 1 saturated carbocycles. The molecule has 0 aliphatic heterocycles. The lowest BCUT2D eigenvalue weighted by Gasteiger charge is -2.15. The van der Waals surface area contributed by atoms with Crippen LogP contribution in [0.2, 0.25) is 0 Å². The maximum absolute atomic E-state index is 12.4. The van der Waals surface area contributed by atoms with Crippen LogP contribution in [0.1, 0.15) is 47.5 Å². The lowest BCUT2D eigenvalue weighted by atomic mass is 9.95. The van der Waals surface area contributed by atoms with Crippen LogP contribution in [0.3, 0.4) is 0 Å². The van der Waals surface area contributed by atoms with E-state index in [9.17, 15) is 18.3 Å². The highest BCUT2D eigenvalue weighted by molar-refractivity contribution is 7.92. The van der Waals surface area contributed by atoms with E-state index in [2.05, 4.69) is 4.72 Å². The van der Waals surface area contributed by atoms with Crippen LogP contribution in [0.15, 0.2) is 53.4 Å². The molecule has 3 rings (SSSR count). The molecule has 5 nitrogen and oxygen atoms in total. The number of anilines is 1. The van der Waals surface area contributed by atoms with E-state index in [4.69, 9.17) is 0 Å². The molecule has 0 bridgehead atoms. The predicted molar refractivity (Wildman–Crippen MR) is 91.9 cm³/mol. The minimum atomic E-state index is -3.81. The highest BCUT2D eigenvalue weighted by Gasteiger charge is 2.22. The van der Waals surface area contributed by atoms with Crippen LogP contribution in [-0.2, 0) is 10.0 Å². The first kappa shape index (κ1) is 16.5. The Balaban J connectivity index is 1.94. The smallest absolute Gasteiger partial charge is 0.337 e. The number of aromatic carboxylic acids is 1. The average molecular weight is 345 g/mol. The number of sulfonamides is 1. The van der Waals surface area contributed by atoms with Crippen LogP contribution in [0.25, 0.3) is 0 Å². The zero-order valence-electron chi connectivity index (χ0n) is 13.1. The Morgan fingerprint density at radius 2 is 1.71 bits per heavy atom. The summed E-state index contributed by atoms with van der Waals surface area (Å²) in [7, 11) is -3.81. The molecule has 0 unspecified atom stereocenters. The molecule has 2 N–H and O–H groups in total. The Kier molecular flexibility index (Phi) is 4.57. The van der Waals surface area contributed by atoms with Crippen LogP contribution in [0, 0.1) is 0 Å². The minimum absolute atomic E-state index is 0.0149. The third kappa shape index (κ3) is 3.43. The molecule has 1 aliphatic rings. The molecular formula is C18H19NO4S. The lowest BCUT2D eigenvalue weighted by molar-refractivity contribution is 0.0698. The molecule has 126 valence electrons. The fourth-order valence-electron chi connectivity index (χ4n) is 3.14. The third-order valence-electron chi connectivity index (χ3n) is 4.40. The van der Waals surface area contributed by atoms with Crippen LogP contribution in [0.5, 0.6) is 0 Å². The second kappa shape index (κ2) is 6.65. The summed E-state index contributed by atoms with van der Waals surface area (Å²) in [5, 5.41) is 9.47. The fourth-order valence-corrected chi connectivity index (χ4v) is 4.25. The summed E-state index contributed by atoms with van der Waals surface area (Å²) >= 11 is 0. The van der Waals surface area contributed by atoms with Gasteiger partial charge in [0.25, 0.3) is 10.0 Å². The van der Waals surface area contributed by atoms with E-state index >= 15 is 0 Å². The second-order valence-corrected chi connectivity index (χ2v) is 7.69. The average Bonchev–Trinajstić information content (AvgIpc) is 3.10. The number of hydrogen-bond acceptors (Lipinski definition) is 3. The van der Waals surface area contributed by atoms with Crippen molar-refractivity contribution < 1.29 is 18.3 Å². The van der Waals surface area contributed by atoms with Gasteiger partial charge < -0.3 is 5.11 Å². The van der Waals surface area contributed by atoms with Gasteiger partial charge in [-0.1, -0.05) is 37.1 Å². The van der Waals surface area contributed by atoms with Crippen LogP contribution < -0.4 is 4.72 Å². The summed E-state index contributed by atoms with van der Waals surface area (Å²) in [6, 6.07) is 12.9. The monoisotopic (exact) mass is 345 g/mol. The summed E-state index contributed by atoms with van der Waals surface area (Å²) in [5.74, 6) is -0.775. The van der Waals surface area contributed by atoms with E-state index in [-0.39, 0.29) is 16.1 Å². The van der Waals surface area contributed by atoms with Crippen molar-refractivity contribution in [2.75, 3.05) is 4.72 Å². The normalized spacial score (nSPS) is 15.3. The summed E-state index contributed by atoms with van der Waals surface area (Å²) in [6.07, 6.45) is 4.40. The van der Waals surface area contributed by atoms with Crippen molar-refractivity contribution in [1.29, 1.82) is 0 Å². The highest BCUT2D eigenvalue weighted by Crippen LogP contribution is 2.35. The second-order valence-electron chi connectivity index (χ2n) is 6.01. The van der Waals surface area contributed by atoms with E-state index in [0.717, 1.165) is 31.2 Å². The quantitative estimate of drug-likeness (QED) is 0.862. The lowest BCUT2D eigenvalue weighted by Crippen LogP contribution is -2.16. The zero-order valence-corrected chi connectivity index (χ0v) is 13.9. The summed E-state index contributed by atoms with van der Waals surface area (Å²) in [4.78, 5) is 11.7. The summed E-state index contributed by atoms with van der Waals surface area (Å²) in [6.45, 7) is 0. The maximum Gasteiger partial charge on any atom is 0.337 e. The van der Waals surface area contributed by atoms with Gasteiger partial charge >= 0.3 is 5.97 Å². The molecule has 1 aliphatic carbocycles. The molecule has 0 heterocycles. The molecule has 0 radical (unpaired) electrons. The van der Waals surface area contributed by atoms with E-state index in [1.165, 1.54) is 12.1 Å². The van der Waals surface area contributed by atoms with Gasteiger partial charge in [0.15, 0.2) is 0 Å². The van der Waals surface area contributed by atoms with E-state index in [0.29, 0.717) is 5.92 Å². The van der Waals surface area contributed by atoms with Gasteiger partial charge in [0.05, 0.1) is 16.1 Å². The number of nitrogens with one attached hydrogen (secondary N) is 1. The molecule has 6 heteroatoms. The van der Waals surface area contributed by atoms with Crippen LogP contribution in [-0.4, -0.2) is 19.5 Å². The van der Waals surface area contributed by atoms with Crippen LogP contribution in [0.4, 0.5) is 5.69 Å². The van der Waals surface area contributed by atoms with Gasteiger partial charge in [-0.2, -0.15) is 0 Å². The topological polar surface area (TPSA) is 83.5 Å². The largest absolute Gasteiger partial charge is 0.478 e. The van der Waals surface area contributed by atoms with Crippen molar-refractivity contribution in [3.05, 3.63) is 59.7 Å². The summed E-state index contributed by atoms with van der Waals surface area (Å²) in [5.41, 5.74) is 1.04. The van der Waals surface area contributed by atoms with E-state index < -0.39 is 16.0 Å². The minimum Gasteiger partial charge on any atom is -0.478 e. The van der Waals surface area contributed by atoms with Gasteiger partial charge in [-0.25, -0.2) is 13.2 Å². The standard InChI is InChI=1S/C18H19NO4S/c20-18(21)16-12-14(13-6-4-5-7-13)10-11-17(16)19-24(22,23)15-8-2-1-3-9-15/h1-3,8-13,19H,4-7H2,(H,20,21). The molecule has 0 atom stereocenters. The van der Waals surface area contributed by atoms with E-state index in [1.807, 2.05) is 6.07 Å². The molecular weight excluding hydrogens is 326 g/mol. The van der Waals surface area contributed by atoms with Gasteiger partial charge in [0.1, 0.15) is 0 Å². The Hall–Kier alpha value is -2.34. The van der Waals surface area contributed by atoms with Crippen molar-refractivity contribution in [2.24, 2.45) is 0 Å². The number of carboxylic acids is 1. The van der Waals surface area contributed by atoms with Crippen molar-refractivity contribution in [3.63, 3.8) is 0 Å². The predicted octanol–water partition coefficient (Wildman–Crippen LogP) is 3.84. The molecule has 1 fully saturated rings. The van der Waals surface area contributed by atoms with Gasteiger partial charge in [0, 0.05) is 0 Å². The molecule has 0 saturated heterocycles. The van der Waals surface area contributed by atoms with Gasteiger partial charge in [-0.15, -0.1) is 0 Å². The number of carboxylic acid groups (broad SMARTS) is 1. The Morgan fingerprint density at radius 1 is 1.04 bits per heavy atom. The SMILES string of the molecule is O=C(O)c1cc(C2CCCC2)ccc1NS(=O)(=O)c1ccccc1. The summed E-state index contributed by atoms with van der Waals surface area (Å²) < 4.78 is 27.2. The molecule has 2 aromatic rings. The van der Waals surface area contributed by atoms with Crippen molar-refractivity contribution in [2.45, 2.75) is 36.5 Å². The fraction of sp³-hybridized carbons (Fsp3) is 0.278. The molecule has 0 spiro atoms. The number of benzene rings is 2. The van der Waals surface area contributed by atoms with E-state index in [1.54, 1.807) is 30.3 Å². The maximum atomic E-state index is 12.4. The first-order valence-electron chi connectivity index (χ1n) is 7.92. The molecule has 24 heavy (non-hydrogen) atoms. The zero-order chi connectivity index (χ0) is 17.2. The Bertz CT molecular complexity index is 841. The number of hydrogen-bond donors (Lipinski definition) is 2. The van der Waals surface area contributed by atoms with Crippen molar-refractivity contribution >= 4 is 21.7 Å². The van der Waals surface area contributed by atoms with Crippen molar-refractivity contribution in [1.82, 2.24) is 0 Å².